The highest BCUT2D eigenvalue weighted by molar-refractivity contribution is 7.09. The lowest BCUT2D eigenvalue weighted by molar-refractivity contribution is 0.0754. The standard InChI is InChI=1S/C21H20N2O2S/c1-2-23(15-19-9-6-14-26-19)21(25)17-10-12-18(13-11-17)22-20(24)16-7-4-3-5-8-16/h3-14H,2,15H2,1H3,(H,22,24). The van der Waals surface area contributed by atoms with Crippen molar-refractivity contribution in [3.63, 3.8) is 0 Å². The maximum Gasteiger partial charge on any atom is 0.255 e. The third kappa shape index (κ3) is 4.37. The van der Waals surface area contributed by atoms with Gasteiger partial charge in [-0.3, -0.25) is 9.59 Å². The lowest BCUT2D eigenvalue weighted by Crippen LogP contribution is -2.29. The molecule has 0 saturated carbocycles. The maximum atomic E-state index is 12.7. The molecule has 0 aliphatic rings. The molecule has 0 aliphatic carbocycles. The Bertz CT molecular complexity index is 859. The number of carbonyl (C=O) groups excluding carboxylic acids is 2. The van der Waals surface area contributed by atoms with E-state index in [0.29, 0.717) is 29.9 Å². The number of thiophene rings is 1. The first kappa shape index (κ1) is 17.9. The van der Waals surface area contributed by atoms with Gasteiger partial charge in [0.05, 0.1) is 6.54 Å². The minimum Gasteiger partial charge on any atom is -0.334 e. The molecule has 1 N–H and O–H groups in total. The van der Waals surface area contributed by atoms with Gasteiger partial charge in [-0.05, 0) is 54.8 Å². The fourth-order valence-electron chi connectivity index (χ4n) is 2.59. The number of nitrogens with zero attached hydrogens (tertiary/aromatic N) is 1. The van der Waals surface area contributed by atoms with Gasteiger partial charge in [-0.15, -0.1) is 11.3 Å². The Morgan fingerprint density at radius 2 is 1.65 bits per heavy atom. The van der Waals surface area contributed by atoms with Crippen molar-refractivity contribution in [1.82, 2.24) is 4.90 Å². The summed E-state index contributed by atoms with van der Waals surface area (Å²) in [6.45, 7) is 3.22. The van der Waals surface area contributed by atoms with Crippen molar-refractivity contribution >= 4 is 28.8 Å². The molecular weight excluding hydrogens is 344 g/mol. The first-order chi connectivity index (χ1) is 12.7. The zero-order chi connectivity index (χ0) is 18.4. The summed E-state index contributed by atoms with van der Waals surface area (Å²) in [6.07, 6.45) is 0. The number of anilines is 1. The topological polar surface area (TPSA) is 49.4 Å². The van der Waals surface area contributed by atoms with Crippen LogP contribution >= 0.6 is 11.3 Å². The van der Waals surface area contributed by atoms with Crippen LogP contribution in [-0.4, -0.2) is 23.3 Å². The Morgan fingerprint density at radius 1 is 0.923 bits per heavy atom. The van der Waals surface area contributed by atoms with E-state index >= 15 is 0 Å². The second kappa shape index (κ2) is 8.45. The summed E-state index contributed by atoms with van der Waals surface area (Å²) in [7, 11) is 0. The molecule has 2 aromatic carbocycles. The van der Waals surface area contributed by atoms with Gasteiger partial charge < -0.3 is 10.2 Å². The quantitative estimate of drug-likeness (QED) is 0.691. The monoisotopic (exact) mass is 364 g/mol. The van der Waals surface area contributed by atoms with Crippen molar-refractivity contribution in [2.75, 3.05) is 11.9 Å². The summed E-state index contributed by atoms with van der Waals surface area (Å²) < 4.78 is 0. The molecule has 2 amide bonds. The second-order valence-electron chi connectivity index (χ2n) is 5.80. The van der Waals surface area contributed by atoms with Crippen LogP contribution in [-0.2, 0) is 6.54 Å². The van der Waals surface area contributed by atoms with E-state index in [4.69, 9.17) is 0 Å². The Labute approximate surface area is 157 Å². The smallest absolute Gasteiger partial charge is 0.255 e. The third-order valence-electron chi connectivity index (χ3n) is 4.02. The molecule has 0 unspecified atom stereocenters. The van der Waals surface area contributed by atoms with Crippen LogP contribution in [0.15, 0.2) is 72.1 Å². The van der Waals surface area contributed by atoms with Gasteiger partial charge in [0.2, 0.25) is 0 Å². The molecule has 0 aliphatic heterocycles. The molecular formula is C21H20N2O2S. The normalized spacial score (nSPS) is 10.3. The first-order valence-corrected chi connectivity index (χ1v) is 9.33. The molecule has 4 nitrogen and oxygen atoms in total. The molecule has 1 aromatic heterocycles. The Balaban J connectivity index is 1.66. The van der Waals surface area contributed by atoms with Crippen molar-refractivity contribution < 1.29 is 9.59 Å². The summed E-state index contributed by atoms with van der Waals surface area (Å²) >= 11 is 1.65. The first-order valence-electron chi connectivity index (χ1n) is 8.45. The maximum absolute atomic E-state index is 12.7. The Morgan fingerprint density at radius 3 is 2.27 bits per heavy atom. The van der Waals surface area contributed by atoms with E-state index in [1.54, 1.807) is 47.7 Å². The summed E-state index contributed by atoms with van der Waals surface area (Å²) in [4.78, 5) is 27.8. The van der Waals surface area contributed by atoms with Crippen LogP contribution in [0.4, 0.5) is 5.69 Å². The third-order valence-corrected chi connectivity index (χ3v) is 4.88. The largest absolute Gasteiger partial charge is 0.334 e. The van der Waals surface area contributed by atoms with Crippen LogP contribution in [0, 0.1) is 0 Å². The lowest BCUT2D eigenvalue weighted by Gasteiger charge is -2.20. The average Bonchev–Trinajstić information content (AvgIpc) is 3.20. The second-order valence-corrected chi connectivity index (χ2v) is 6.83. The zero-order valence-electron chi connectivity index (χ0n) is 14.5. The molecule has 0 bridgehead atoms. The van der Waals surface area contributed by atoms with E-state index in [-0.39, 0.29) is 11.8 Å². The molecule has 3 aromatic rings. The molecule has 0 saturated heterocycles. The van der Waals surface area contributed by atoms with E-state index in [1.807, 2.05) is 47.5 Å². The van der Waals surface area contributed by atoms with Crippen LogP contribution in [0.1, 0.15) is 32.5 Å². The molecule has 0 spiro atoms. The number of benzene rings is 2. The van der Waals surface area contributed by atoms with Crippen LogP contribution in [0.5, 0.6) is 0 Å². The van der Waals surface area contributed by atoms with Gasteiger partial charge in [0.1, 0.15) is 0 Å². The minimum atomic E-state index is -0.169. The number of hydrogen-bond donors (Lipinski definition) is 1. The van der Waals surface area contributed by atoms with Crippen molar-refractivity contribution in [2.24, 2.45) is 0 Å². The summed E-state index contributed by atoms with van der Waals surface area (Å²) in [5.41, 5.74) is 1.87. The highest BCUT2D eigenvalue weighted by Gasteiger charge is 2.15. The minimum absolute atomic E-state index is 0.0122. The highest BCUT2D eigenvalue weighted by atomic mass is 32.1. The molecule has 0 fully saturated rings. The van der Waals surface area contributed by atoms with Gasteiger partial charge in [0.15, 0.2) is 0 Å². The average molecular weight is 364 g/mol. The zero-order valence-corrected chi connectivity index (χ0v) is 15.3. The van der Waals surface area contributed by atoms with Crippen LogP contribution in [0.3, 0.4) is 0 Å². The highest BCUT2D eigenvalue weighted by Crippen LogP contribution is 2.16. The molecule has 0 radical (unpaired) electrons. The van der Waals surface area contributed by atoms with Crippen LogP contribution in [0.25, 0.3) is 0 Å². The number of rotatable bonds is 6. The molecule has 3 rings (SSSR count). The van der Waals surface area contributed by atoms with Gasteiger partial charge in [0.25, 0.3) is 11.8 Å². The lowest BCUT2D eigenvalue weighted by atomic mass is 10.1. The van der Waals surface area contributed by atoms with E-state index in [9.17, 15) is 9.59 Å². The predicted molar refractivity (Wildman–Crippen MR) is 106 cm³/mol. The van der Waals surface area contributed by atoms with Gasteiger partial charge in [-0.1, -0.05) is 24.3 Å². The van der Waals surface area contributed by atoms with Crippen LogP contribution < -0.4 is 5.32 Å². The molecule has 1 heterocycles. The molecule has 26 heavy (non-hydrogen) atoms. The molecule has 0 atom stereocenters. The SMILES string of the molecule is CCN(Cc1cccs1)C(=O)c1ccc(NC(=O)c2ccccc2)cc1. The number of carbonyl (C=O) groups is 2. The van der Waals surface area contributed by atoms with Gasteiger partial charge in [-0.25, -0.2) is 0 Å². The van der Waals surface area contributed by atoms with Gasteiger partial charge in [0, 0.05) is 28.2 Å². The van der Waals surface area contributed by atoms with E-state index < -0.39 is 0 Å². The summed E-state index contributed by atoms with van der Waals surface area (Å²) in [6, 6.07) is 20.1. The van der Waals surface area contributed by atoms with Crippen molar-refractivity contribution in [1.29, 1.82) is 0 Å². The fraction of sp³-hybridized carbons (Fsp3) is 0.143. The fourth-order valence-corrected chi connectivity index (χ4v) is 3.31. The predicted octanol–water partition coefficient (Wildman–Crippen LogP) is 4.66. The van der Waals surface area contributed by atoms with Crippen LogP contribution in [0.2, 0.25) is 0 Å². The van der Waals surface area contributed by atoms with E-state index in [0.717, 1.165) is 4.88 Å². The van der Waals surface area contributed by atoms with E-state index in [1.165, 1.54) is 0 Å². The van der Waals surface area contributed by atoms with Gasteiger partial charge in [-0.2, -0.15) is 0 Å². The number of nitrogens with one attached hydrogen (secondary N) is 1. The van der Waals surface area contributed by atoms with E-state index in [2.05, 4.69) is 5.32 Å². The number of amides is 2. The van der Waals surface area contributed by atoms with Gasteiger partial charge >= 0.3 is 0 Å². The van der Waals surface area contributed by atoms with Crippen molar-refractivity contribution in [3.05, 3.63) is 88.1 Å². The summed E-state index contributed by atoms with van der Waals surface area (Å²) in [5, 5.41) is 4.85. The molecule has 132 valence electrons. The Hall–Kier alpha value is -2.92. The van der Waals surface area contributed by atoms with Crippen molar-refractivity contribution in [2.45, 2.75) is 13.5 Å². The Kier molecular flexibility index (Phi) is 5.81. The molecule has 5 heteroatoms. The number of hydrogen-bond acceptors (Lipinski definition) is 3. The summed E-state index contributed by atoms with van der Waals surface area (Å²) in [5.74, 6) is -0.181. The van der Waals surface area contributed by atoms with Crippen molar-refractivity contribution in [3.8, 4) is 0 Å².